The Bertz CT molecular complexity index is 392. The van der Waals surface area contributed by atoms with E-state index in [4.69, 9.17) is 0 Å². The predicted molar refractivity (Wildman–Crippen MR) is 65.8 cm³/mol. The van der Waals surface area contributed by atoms with Gasteiger partial charge in [0.1, 0.15) is 0 Å². The first-order chi connectivity index (χ1) is 8.33. The van der Waals surface area contributed by atoms with Crippen molar-refractivity contribution in [1.82, 2.24) is 10.3 Å². The first kappa shape index (κ1) is 10.9. The van der Waals surface area contributed by atoms with Gasteiger partial charge in [-0.15, -0.1) is 0 Å². The Morgan fingerprint density at radius 1 is 1.12 bits per heavy atom. The monoisotopic (exact) mass is 230 g/mol. The maximum Gasteiger partial charge on any atom is 0.166 e. The molecule has 1 aliphatic carbocycles. The van der Waals surface area contributed by atoms with Crippen molar-refractivity contribution in [3.05, 3.63) is 30.1 Å². The zero-order valence-electron chi connectivity index (χ0n) is 9.93. The molecule has 0 aromatic carbocycles. The van der Waals surface area contributed by atoms with E-state index in [1.54, 1.807) is 12.4 Å². The van der Waals surface area contributed by atoms with Crippen LogP contribution in [-0.4, -0.2) is 23.9 Å². The highest BCUT2D eigenvalue weighted by molar-refractivity contribution is 5.97. The highest BCUT2D eigenvalue weighted by Crippen LogP contribution is 2.36. The topological polar surface area (TPSA) is 42.0 Å². The van der Waals surface area contributed by atoms with Crippen molar-refractivity contribution in [2.75, 3.05) is 13.1 Å². The number of carbonyl (C=O) groups is 1. The molecule has 1 saturated heterocycles. The minimum atomic E-state index is 0.239. The number of pyridine rings is 1. The summed E-state index contributed by atoms with van der Waals surface area (Å²) in [5.74, 6) is 1.98. The van der Waals surface area contributed by atoms with E-state index in [-0.39, 0.29) is 5.92 Å². The van der Waals surface area contributed by atoms with Crippen molar-refractivity contribution >= 4 is 5.78 Å². The Hall–Kier alpha value is -1.22. The molecule has 1 N–H and O–H groups in total. The molecule has 0 radical (unpaired) electrons. The fourth-order valence-electron chi connectivity index (χ4n) is 3.36. The third-order valence-electron chi connectivity index (χ3n) is 4.10. The lowest BCUT2D eigenvalue weighted by Gasteiger charge is -2.38. The number of aromatic nitrogens is 1. The molecule has 1 aromatic heterocycles. The number of piperidine rings is 1. The van der Waals surface area contributed by atoms with Crippen LogP contribution in [0.2, 0.25) is 0 Å². The van der Waals surface area contributed by atoms with Crippen LogP contribution in [0.15, 0.2) is 24.5 Å². The number of nitrogens with one attached hydrogen (secondary N) is 1. The van der Waals surface area contributed by atoms with Gasteiger partial charge in [0, 0.05) is 23.9 Å². The maximum atomic E-state index is 12.4. The number of rotatable bonds is 2. The Balaban J connectivity index is 1.74. The van der Waals surface area contributed by atoms with Crippen LogP contribution >= 0.6 is 0 Å². The van der Waals surface area contributed by atoms with E-state index in [9.17, 15) is 4.79 Å². The Morgan fingerprint density at radius 3 is 2.41 bits per heavy atom. The van der Waals surface area contributed by atoms with Crippen LogP contribution < -0.4 is 5.32 Å². The lowest BCUT2D eigenvalue weighted by Crippen LogP contribution is -2.43. The maximum absolute atomic E-state index is 12.4. The Kier molecular flexibility index (Phi) is 2.93. The first-order valence-electron chi connectivity index (χ1n) is 6.48. The first-order valence-corrected chi connectivity index (χ1v) is 6.48. The summed E-state index contributed by atoms with van der Waals surface area (Å²) in [6, 6.07) is 3.68. The molecule has 2 aliphatic rings. The number of nitrogens with zero attached hydrogens (tertiary/aromatic N) is 1. The molecule has 3 rings (SSSR count). The molecule has 2 fully saturated rings. The van der Waals surface area contributed by atoms with Gasteiger partial charge >= 0.3 is 0 Å². The molecule has 0 amide bonds. The third-order valence-corrected chi connectivity index (χ3v) is 4.10. The zero-order valence-corrected chi connectivity index (χ0v) is 9.93. The third kappa shape index (κ3) is 2.25. The van der Waals surface area contributed by atoms with Crippen LogP contribution in [0.1, 0.15) is 29.6 Å². The Morgan fingerprint density at radius 2 is 1.76 bits per heavy atom. The van der Waals surface area contributed by atoms with E-state index in [0.717, 1.165) is 31.5 Å². The van der Waals surface area contributed by atoms with E-state index in [2.05, 4.69) is 10.3 Å². The van der Waals surface area contributed by atoms with Crippen molar-refractivity contribution in [2.45, 2.75) is 19.3 Å². The molecule has 0 spiro atoms. The van der Waals surface area contributed by atoms with Crippen molar-refractivity contribution < 1.29 is 4.79 Å². The summed E-state index contributed by atoms with van der Waals surface area (Å²) in [6.45, 7) is 2.19. The largest absolute Gasteiger partial charge is 0.316 e. The molecule has 1 saturated carbocycles. The van der Waals surface area contributed by atoms with Crippen molar-refractivity contribution in [3.63, 3.8) is 0 Å². The molecule has 3 nitrogen and oxygen atoms in total. The summed E-state index contributed by atoms with van der Waals surface area (Å²) < 4.78 is 0. The van der Waals surface area contributed by atoms with Gasteiger partial charge in [0.15, 0.2) is 5.78 Å². The quantitative estimate of drug-likeness (QED) is 0.789. The van der Waals surface area contributed by atoms with E-state index in [1.165, 1.54) is 6.42 Å². The number of fused-ring (bicyclic) bond motifs is 2. The lowest BCUT2D eigenvalue weighted by atomic mass is 9.71. The van der Waals surface area contributed by atoms with Gasteiger partial charge in [-0.3, -0.25) is 9.78 Å². The van der Waals surface area contributed by atoms with Crippen molar-refractivity contribution in [1.29, 1.82) is 0 Å². The molecule has 3 heteroatoms. The molecule has 2 heterocycles. The fraction of sp³-hybridized carbons (Fsp3) is 0.571. The minimum absolute atomic E-state index is 0.239. The summed E-state index contributed by atoms with van der Waals surface area (Å²) >= 11 is 0. The molecule has 2 bridgehead atoms. The van der Waals surface area contributed by atoms with Gasteiger partial charge in [0.05, 0.1) is 0 Å². The summed E-state index contributed by atoms with van der Waals surface area (Å²) in [5, 5.41) is 3.46. The second-order valence-electron chi connectivity index (χ2n) is 5.39. The van der Waals surface area contributed by atoms with Gasteiger partial charge in [-0.05, 0) is 56.3 Å². The number of hydrogen-bond donors (Lipinski definition) is 1. The fourth-order valence-corrected chi connectivity index (χ4v) is 3.36. The van der Waals surface area contributed by atoms with Crippen LogP contribution in [0, 0.1) is 17.8 Å². The SMILES string of the molecule is O=C(c1ccncc1)C1CC2CNCC(C2)C1. The van der Waals surface area contributed by atoms with Crippen LogP contribution in [-0.2, 0) is 0 Å². The summed E-state index contributed by atoms with van der Waals surface area (Å²) in [7, 11) is 0. The molecule has 1 aliphatic heterocycles. The second-order valence-corrected chi connectivity index (χ2v) is 5.39. The van der Waals surface area contributed by atoms with Crippen molar-refractivity contribution in [3.8, 4) is 0 Å². The van der Waals surface area contributed by atoms with E-state index >= 15 is 0 Å². The van der Waals surface area contributed by atoms with Crippen LogP contribution in [0.5, 0.6) is 0 Å². The highest BCUT2D eigenvalue weighted by atomic mass is 16.1. The van der Waals surface area contributed by atoms with Crippen molar-refractivity contribution in [2.24, 2.45) is 17.8 Å². The molecule has 2 atom stereocenters. The van der Waals surface area contributed by atoms with Crippen LogP contribution in [0.4, 0.5) is 0 Å². The van der Waals surface area contributed by atoms with Gasteiger partial charge in [-0.25, -0.2) is 0 Å². The van der Waals surface area contributed by atoms with E-state index in [1.807, 2.05) is 12.1 Å². The molecular formula is C14H18N2O. The molecule has 2 unspecified atom stereocenters. The number of Topliss-reactive ketones (excluding diaryl/α,β-unsaturated/α-hetero) is 1. The van der Waals surface area contributed by atoms with E-state index in [0.29, 0.717) is 17.6 Å². The summed E-state index contributed by atoms with van der Waals surface area (Å²) in [4.78, 5) is 16.4. The minimum Gasteiger partial charge on any atom is -0.316 e. The average molecular weight is 230 g/mol. The van der Waals surface area contributed by atoms with Gasteiger partial charge < -0.3 is 5.32 Å². The predicted octanol–water partition coefficient (Wildman–Crippen LogP) is 1.90. The second kappa shape index (κ2) is 4.57. The average Bonchev–Trinajstić information content (AvgIpc) is 2.38. The van der Waals surface area contributed by atoms with E-state index < -0.39 is 0 Å². The zero-order chi connectivity index (χ0) is 11.7. The number of carbonyl (C=O) groups excluding carboxylic acids is 1. The van der Waals surface area contributed by atoms with Crippen LogP contribution in [0.3, 0.4) is 0 Å². The number of hydrogen-bond acceptors (Lipinski definition) is 3. The molecule has 90 valence electrons. The van der Waals surface area contributed by atoms with Gasteiger partial charge in [0.25, 0.3) is 0 Å². The Labute approximate surface area is 102 Å². The summed E-state index contributed by atoms with van der Waals surface area (Å²) in [5.41, 5.74) is 0.831. The van der Waals surface area contributed by atoms with Crippen LogP contribution in [0.25, 0.3) is 0 Å². The summed E-state index contributed by atoms with van der Waals surface area (Å²) in [6.07, 6.45) is 6.85. The smallest absolute Gasteiger partial charge is 0.166 e. The van der Waals surface area contributed by atoms with Gasteiger partial charge in [-0.1, -0.05) is 0 Å². The normalized spacial score (nSPS) is 32.1. The molecule has 17 heavy (non-hydrogen) atoms. The van der Waals surface area contributed by atoms with Gasteiger partial charge in [0.2, 0.25) is 0 Å². The molecular weight excluding hydrogens is 212 g/mol. The number of ketones is 1. The standard InChI is InChI=1S/C14H18N2O/c17-14(12-1-3-15-4-2-12)13-6-10-5-11(7-13)9-16-8-10/h1-4,10-11,13,16H,5-9H2. The van der Waals surface area contributed by atoms with Gasteiger partial charge in [-0.2, -0.15) is 0 Å². The highest BCUT2D eigenvalue weighted by Gasteiger charge is 2.35. The lowest BCUT2D eigenvalue weighted by molar-refractivity contribution is 0.0782. The molecule has 1 aromatic rings.